The topological polar surface area (TPSA) is 40.5 Å². The Morgan fingerprint density at radius 3 is 2.57 bits per heavy atom. The second-order valence-electron chi connectivity index (χ2n) is 1.03. The van der Waals surface area contributed by atoms with Crippen molar-refractivity contribution in [2.75, 3.05) is 7.05 Å². The number of hydrogen-bond donors (Lipinski definition) is 2. The summed E-state index contributed by atoms with van der Waals surface area (Å²) < 4.78 is 0.801. The van der Waals surface area contributed by atoms with E-state index in [1.807, 2.05) is 18.6 Å². The largest absolute Gasteiger partial charge is 0.321 e. The highest BCUT2D eigenvalue weighted by molar-refractivity contribution is 9.12. The molecule has 0 amide bonds. The van der Waals surface area contributed by atoms with Crippen LogP contribution in [0.4, 0.5) is 0 Å². The van der Waals surface area contributed by atoms with Crippen molar-refractivity contribution in [1.29, 1.82) is 5.41 Å². The van der Waals surface area contributed by atoms with Crippen LogP contribution in [-0.4, -0.2) is 13.3 Å². The Morgan fingerprint density at radius 1 is 1.86 bits per heavy atom. The summed E-state index contributed by atoms with van der Waals surface area (Å²) in [6.45, 7) is 0. The van der Waals surface area contributed by atoms with Crippen LogP contribution in [0.2, 0.25) is 0 Å². The number of quaternary nitrogens is 1. The second-order valence-corrected chi connectivity index (χ2v) is 1.94. The Bertz CT molecular complexity index is 87.7. The van der Waals surface area contributed by atoms with Crippen molar-refractivity contribution in [3.8, 4) is 0 Å². The summed E-state index contributed by atoms with van der Waals surface area (Å²) in [5.74, 6) is 0. The molecule has 0 radical (unpaired) electrons. The average Bonchev–Trinajstić information content (AvgIpc) is 1.68. The molecule has 0 fully saturated rings. The van der Waals surface area contributed by atoms with Gasteiger partial charge in [-0.15, -0.1) is 0 Å². The number of nitrogens with two attached hydrogens (primary N) is 1. The summed E-state index contributed by atoms with van der Waals surface area (Å²) in [6, 6.07) is 0. The number of hydrogen-bond acceptors (Lipinski definition) is 1. The van der Waals surface area contributed by atoms with Gasteiger partial charge in [0, 0.05) is 6.21 Å². The zero-order valence-corrected chi connectivity index (χ0v) is 5.70. The van der Waals surface area contributed by atoms with E-state index in [0.717, 1.165) is 4.48 Å². The monoisotopic (exact) mass is 163 g/mol. The third-order valence-electron chi connectivity index (χ3n) is 0.464. The van der Waals surface area contributed by atoms with E-state index in [9.17, 15) is 0 Å². The summed E-state index contributed by atoms with van der Waals surface area (Å²) >= 11 is 3.12. The van der Waals surface area contributed by atoms with Crippen LogP contribution in [0.1, 0.15) is 0 Å². The predicted octanol–water partition coefficient (Wildman–Crippen LogP) is 0.0655. The molecule has 2 nitrogen and oxygen atoms in total. The van der Waals surface area contributed by atoms with E-state index >= 15 is 0 Å². The molecule has 0 saturated heterocycles. The first-order valence-electron chi connectivity index (χ1n) is 1.97. The van der Waals surface area contributed by atoms with E-state index in [1.54, 1.807) is 0 Å². The first-order chi connectivity index (χ1) is 3.31. The molecule has 7 heavy (non-hydrogen) atoms. The van der Waals surface area contributed by atoms with Crippen LogP contribution in [0.5, 0.6) is 0 Å². The van der Waals surface area contributed by atoms with E-state index in [-0.39, 0.29) is 0 Å². The van der Waals surface area contributed by atoms with Crippen molar-refractivity contribution in [1.82, 2.24) is 0 Å². The number of halogens is 1. The van der Waals surface area contributed by atoms with E-state index in [0.29, 0.717) is 0 Å². The van der Waals surface area contributed by atoms with Crippen molar-refractivity contribution < 1.29 is 5.32 Å². The van der Waals surface area contributed by atoms with Gasteiger partial charge in [-0.05, 0) is 15.9 Å². The molecule has 0 unspecified atom stereocenters. The summed E-state index contributed by atoms with van der Waals surface area (Å²) in [4.78, 5) is 0. The zero-order chi connectivity index (χ0) is 5.70. The third kappa shape index (κ3) is 3.69. The van der Waals surface area contributed by atoms with Gasteiger partial charge in [-0.3, -0.25) is 0 Å². The van der Waals surface area contributed by atoms with Crippen LogP contribution >= 0.6 is 15.9 Å². The summed E-state index contributed by atoms with van der Waals surface area (Å²) in [5, 5.41) is 8.52. The average molecular weight is 164 g/mol. The highest BCUT2D eigenvalue weighted by atomic mass is 79.9. The Kier molecular flexibility index (Phi) is 3.93. The first kappa shape index (κ1) is 6.85. The highest BCUT2D eigenvalue weighted by Gasteiger charge is 1.79. The SMILES string of the molecule is C[NH2+]C=C(Br)C=N. The Hall–Kier alpha value is -0.150. The van der Waals surface area contributed by atoms with Gasteiger partial charge in [-0.25, -0.2) is 0 Å². The van der Waals surface area contributed by atoms with Crippen LogP contribution in [0.25, 0.3) is 0 Å². The standard InChI is InChI=1S/C4H7BrN2/c1-7-3-4(5)2-6/h2-3,6-7H,1H3/p+1. The van der Waals surface area contributed by atoms with E-state index in [4.69, 9.17) is 5.41 Å². The lowest BCUT2D eigenvalue weighted by Gasteiger charge is -1.78. The Morgan fingerprint density at radius 2 is 2.43 bits per heavy atom. The Labute approximate surface area is 51.2 Å². The molecule has 0 aromatic rings. The lowest BCUT2D eigenvalue weighted by Crippen LogP contribution is -2.72. The van der Waals surface area contributed by atoms with Gasteiger partial charge in [-0.1, -0.05) is 0 Å². The normalized spacial score (nSPS) is 11.4. The quantitative estimate of drug-likeness (QED) is 0.542. The van der Waals surface area contributed by atoms with Crippen molar-refractivity contribution >= 4 is 22.1 Å². The molecule has 40 valence electrons. The fourth-order valence-corrected chi connectivity index (χ4v) is 0.472. The van der Waals surface area contributed by atoms with E-state index < -0.39 is 0 Å². The molecule has 0 saturated carbocycles. The molecule has 0 rings (SSSR count). The zero-order valence-electron chi connectivity index (χ0n) is 4.11. The molecule has 0 bridgehead atoms. The molecule has 0 aliphatic carbocycles. The molecular weight excluding hydrogens is 156 g/mol. The molecule has 0 aromatic carbocycles. The van der Waals surface area contributed by atoms with Crippen molar-refractivity contribution in [2.45, 2.75) is 0 Å². The number of rotatable bonds is 2. The van der Waals surface area contributed by atoms with Gasteiger partial charge in [0.1, 0.15) is 6.20 Å². The molecule has 0 aliphatic heterocycles. The molecule has 3 heteroatoms. The summed E-state index contributed by atoms with van der Waals surface area (Å²) in [5.41, 5.74) is 0. The smallest absolute Gasteiger partial charge is 0.108 e. The lowest BCUT2D eigenvalue weighted by molar-refractivity contribution is -0.556. The molecule has 0 atom stereocenters. The fraction of sp³-hybridized carbons (Fsp3) is 0.250. The van der Waals surface area contributed by atoms with Crippen molar-refractivity contribution in [3.63, 3.8) is 0 Å². The van der Waals surface area contributed by atoms with Crippen LogP contribution in [-0.2, 0) is 0 Å². The highest BCUT2D eigenvalue weighted by Crippen LogP contribution is 1.93. The number of allylic oxidation sites excluding steroid dienone is 1. The Balaban J connectivity index is 3.49. The number of nitrogens with one attached hydrogen (secondary N) is 1. The van der Waals surface area contributed by atoms with Gasteiger partial charge in [-0.2, -0.15) is 0 Å². The summed E-state index contributed by atoms with van der Waals surface area (Å²) in [7, 11) is 1.91. The van der Waals surface area contributed by atoms with Crippen LogP contribution in [0.15, 0.2) is 10.7 Å². The van der Waals surface area contributed by atoms with Crippen LogP contribution < -0.4 is 5.32 Å². The first-order valence-corrected chi connectivity index (χ1v) is 2.76. The minimum Gasteiger partial charge on any atom is -0.321 e. The molecule has 0 aromatic heterocycles. The minimum atomic E-state index is 0.801. The maximum Gasteiger partial charge on any atom is 0.108 e. The van der Waals surface area contributed by atoms with E-state index in [2.05, 4.69) is 15.9 Å². The van der Waals surface area contributed by atoms with Crippen LogP contribution in [0, 0.1) is 5.41 Å². The van der Waals surface area contributed by atoms with Crippen LogP contribution in [0.3, 0.4) is 0 Å². The molecule has 0 spiro atoms. The fourth-order valence-electron chi connectivity index (χ4n) is 0.207. The second kappa shape index (κ2) is 4.02. The van der Waals surface area contributed by atoms with Gasteiger partial charge < -0.3 is 10.7 Å². The minimum absolute atomic E-state index is 0.801. The van der Waals surface area contributed by atoms with Gasteiger partial charge in [0.15, 0.2) is 0 Å². The maximum atomic E-state index is 6.65. The summed E-state index contributed by atoms with van der Waals surface area (Å²) in [6.07, 6.45) is 3.06. The lowest BCUT2D eigenvalue weighted by atomic mass is 10.7. The maximum absolute atomic E-state index is 6.65. The third-order valence-corrected chi connectivity index (χ3v) is 0.957. The molecule has 3 N–H and O–H groups in total. The van der Waals surface area contributed by atoms with E-state index in [1.165, 1.54) is 6.21 Å². The molecular formula is C4H8BrN2+. The van der Waals surface area contributed by atoms with Gasteiger partial charge >= 0.3 is 0 Å². The van der Waals surface area contributed by atoms with Crippen molar-refractivity contribution in [2.24, 2.45) is 0 Å². The van der Waals surface area contributed by atoms with Gasteiger partial charge in [0.05, 0.1) is 11.5 Å². The van der Waals surface area contributed by atoms with Gasteiger partial charge in [0.2, 0.25) is 0 Å². The molecule has 0 heterocycles. The molecule has 0 aliphatic rings. The van der Waals surface area contributed by atoms with Crippen molar-refractivity contribution in [3.05, 3.63) is 10.7 Å². The van der Waals surface area contributed by atoms with Gasteiger partial charge in [0.25, 0.3) is 0 Å². The predicted molar refractivity (Wildman–Crippen MR) is 33.6 cm³/mol.